The average Bonchev–Trinajstić information content (AvgIpc) is 2.83. The van der Waals surface area contributed by atoms with E-state index in [1.165, 1.54) is 44.8 Å². The maximum absolute atomic E-state index is 12.9. The molecule has 9 heteroatoms. The summed E-state index contributed by atoms with van der Waals surface area (Å²) in [6.07, 6.45) is 17.0. The lowest BCUT2D eigenvalue weighted by molar-refractivity contribution is -0.133. The highest BCUT2D eigenvalue weighted by molar-refractivity contribution is 5.95. The Morgan fingerprint density at radius 2 is 1.92 bits per heavy atom. The van der Waals surface area contributed by atoms with Crippen LogP contribution in [-0.2, 0) is 19.2 Å². The molecule has 36 heavy (non-hydrogen) atoms. The molecule has 0 fully saturated rings. The number of hydrogen-bond donors (Lipinski definition) is 5. The van der Waals surface area contributed by atoms with Gasteiger partial charge >= 0.3 is 0 Å². The van der Waals surface area contributed by atoms with Gasteiger partial charge in [0.2, 0.25) is 23.6 Å². The summed E-state index contributed by atoms with van der Waals surface area (Å²) in [5.41, 5.74) is 0. The zero-order valence-electron chi connectivity index (χ0n) is 21.9. The van der Waals surface area contributed by atoms with Crippen molar-refractivity contribution in [3.8, 4) is 0 Å². The topological polar surface area (TPSA) is 137 Å². The number of nitrogens with one attached hydrogen (secondary N) is 4. The van der Waals surface area contributed by atoms with Gasteiger partial charge in [0.15, 0.2) is 0 Å². The Morgan fingerprint density at radius 1 is 1.17 bits per heavy atom. The van der Waals surface area contributed by atoms with Crippen molar-refractivity contribution in [3.05, 3.63) is 36.5 Å². The lowest BCUT2D eigenvalue weighted by Crippen LogP contribution is -2.57. The second-order valence-corrected chi connectivity index (χ2v) is 9.22. The van der Waals surface area contributed by atoms with Crippen molar-refractivity contribution in [2.45, 2.75) is 103 Å². The van der Waals surface area contributed by atoms with E-state index in [1.54, 1.807) is 25.2 Å². The van der Waals surface area contributed by atoms with Crippen LogP contribution in [0.1, 0.15) is 78.6 Å². The monoisotopic (exact) mass is 504 g/mol. The number of rotatable bonds is 12. The summed E-state index contributed by atoms with van der Waals surface area (Å²) in [5, 5.41) is 20.8. The maximum atomic E-state index is 12.9. The van der Waals surface area contributed by atoms with Gasteiger partial charge in [-0.25, -0.2) is 0 Å². The first-order valence-electron chi connectivity index (χ1n) is 13.1. The standard InChI is InChI=1S/C27H44N4O5/c1-4-5-6-7-8-9-10-11-12-16-24(34)31-25(21(3)32)27(36)30-22-15-13-14-19-28-23(33)18-17-20(2)29-26(22)35/h10-12,16-18,20-22,25,32H,4-9,13-15,19H2,1-3H3,(H,28,33)(H,29,35)(H,30,36)(H,31,34)/b11-10+,16-12+,18-17+/t20-,21+,22-,25-/m0/s1. The maximum Gasteiger partial charge on any atom is 0.245 e. The van der Waals surface area contributed by atoms with Crippen LogP contribution in [0.4, 0.5) is 0 Å². The largest absolute Gasteiger partial charge is 0.391 e. The Bertz CT molecular complexity index is 791. The van der Waals surface area contributed by atoms with Crippen molar-refractivity contribution in [1.82, 2.24) is 21.3 Å². The summed E-state index contributed by atoms with van der Waals surface area (Å²) < 4.78 is 0. The number of aliphatic hydroxyl groups is 1. The molecule has 202 valence electrons. The summed E-state index contributed by atoms with van der Waals surface area (Å²) >= 11 is 0. The number of allylic oxidation sites excluding steroid dienone is 3. The van der Waals surface area contributed by atoms with Gasteiger partial charge in [-0.1, -0.05) is 56.9 Å². The van der Waals surface area contributed by atoms with E-state index in [0.717, 1.165) is 12.8 Å². The van der Waals surface area contributed by atoms with E-state index in [1.807, 2.05) is 6.08 Å². The Balaban J connectivity index is 2.66. The van der Waals surface area contributed by atoms with E-state index in [0.29, 0.717) is 25.8 Å². The Labute approximate surface area is 215 Å². The number of aliphatic hydroxyl groups excluding tert-OH is 1. The lowest BCUT2D eigenvalue weighted by Gasteiger charge is -2.25. The van der Waals surface area contributed by atoms with Crippen molar-refractivity contribution >= 4 is 23.6 Å². The van der Waals surface area contributed by atoms with Crippen LogP contribution in [-0.4, -0.2) is 59.5 Å². The van der Waals surface area contributed by atoms with Crippen molar-refractivity contribution in [2.24, 2.45) is 0 Å². The van der Waals surface area contributed by atoms with Crippen LogP contribution in [0.2, 0.25) is 0 Å². The highest BCUT2D eigenvalue weighted by Gasteiger charge is 2.29. The molecular formula is C27H44N4O5. The highest BCUT2D eigenvalue weighted by atomic mass is 16.3. The molecule has 1 aliphatic heterocycles. The number of unbranched alkanes of at least 4 members (excludes halogenated alkanes) is 5. The summed E-state index contributed by atoms with van der Waals surface area (Å²) in [7, 11) is 0. The zero-order chi connectivity index (χ0) is 26.8. The first-order valence-corrected chi connectivity index (χ1v) is 13.1. The molecule has 1 aliphatic rings. The fourth-order valence-corrected chi connectivity index (χ4v) is 3.67. The number of carbonyl (C=O) groups is 4. The fraction of sp³-hybridized carbons (Fsp3) is 0.630. The molecule has 1 rings (SSSR count). The molecule has 0 spiro atoms. The van der Waals surface area contributed by atoms with E-state index in [-0.39, 0.29) is 5.91 Å². The van der Waals surface area contributed by atoms with Gasteiger partial charge in [0.05, 0.1) is 6.10 Å². The predicted octanol–water partition coefficient (Wildman–Crippen LogP) is 2.17. The molecule has 0 radical (unpaired) electrons. The predicted molar refractivity (Wildman–Crippen MR) is 141 cm³/mol. The van der Waals surface area contributed by atoms with Crippen LogP contribution in [0, 0.1) is 0 Å². The van der Waals surface area contributed by atoms with E-state index in [2.05, 4.69) is 28.2 Å². The molecule has 0 bridgehead atoms. The SMILES string of the molecule is CCCCCCC/C=C/C=C/C(=O)N[C@H](C(=O)N[C@H]1CCCCNC(=O)/C=C/[C@H](C)NC1=O)[C@@H](C)O. The van der Waals surface area contributed by atoms with Crippen molar-refractivity contribution in [1.29, 1.82) is 0 Å². The van der Waals surface area contributed by atoms with E-state index >= 15 is 0 Å². The summed E-state index contributed by atoms with van der Waals surface area (Å²) in [4.78, 5) is 49.6. The van der Waals surface area contributed by atoms with Gasteiger partial charge in [-0.15, -0.1) is 0 Å². The third kappa shape index (κ3) is 13.8. The van der Waals surface area contributed by atoms with E-state index < -0.39 is 42.0 Å². The van der Waals surface area contributed by atoms with Crippen LogP contribution < -0.4 is 21.3 Å². The highest BCUT2D eigenvalue weighted by Crippen LogP contribution is 2.06. The molecule has 4 amide bonds. The molecule has 0 aromatic carbocycles. The molecule has 0 aliphatic carbocycles. The lowest BCUT2D eigenvalue weighted by atomic mass is 10.1. The van der Waals surface area contributed by atoms with Crippen molar-refractivity contribution in [3.63, 3.8) is 0 Å². The normalized spacial score (nSPS) is 22.1. The first kappa shape index (κ1) is 31.1. The molecule has 9 nitrogen and oxygen atoms in total. The summed E-state index contributed by atoms with van der Waals surface area (Å²) in [6, 6.07) is -2.46. The quantitative estimate of drug-likeness (QED) is 0.158. The summed E-state index contributed by atoms with van der Waals surface area (Å²) in [6.45, 7) is 5.77. The van der Waals surface area contributed by atoms with Crippen LogP contribution in [0.25, 0.3) is 0 Å². The Kier molecular flexibility index (Phi) is 15.8. The molecule has 0 saturated heterocycles. The van der Waals surface area contributed by atoms with Gasteiger partial charge < -0.3 is 26.4 Å². The molecule has 0 unspecified atom stereocenters. The van der Waals surface area contributed by atoms with Gasteiger partial charge in [0.1, 0.15) is 12.1 Å². The average molecular weight is 505 g/mol. The number of carbonyl (C=O) groups excluding carboxylic acids is 4. The molecule has 0 aromatic rings. The van der Waals surface area contributed by atoms with Gasteiger partial charge in [-0.05, 0) is 46.0 Å². The minimum Gasteiger partial charge on any atom is -0.391 e. The van der Waals surface area contributed by atoms with Crippen molar-refractivity contribution < 1.29 is 24.3 Å². The van der Waals surface area contributed by atoms with Gasteiger partial charge in [0, 0.05) is 24.7 Å². The second-order valence-electron chi connectivity index (χ2n) is 9.22. The number of amides is 4. The van der Waals surface area contributed by atoms with E-state index in [4.69, 9.17) is 0 Å². The van der Waals surface area contributed by atoms with Crippen LogP contribution in [0.5, 0.6) is 0 Å². The second kappa shape index (κ2) is 18.3. The fourth-order valence-electron chi connectivity index (χ4n) is 3.67. The third-order valence-electron chi connectivity index (χ3n) is 5.79. The molecule has 0 saturated carbocycles. The third-order valence-corrected chi connectivity index (χ3v) is 5.79. The van der Waals surface area contributed by atoms with Crippen LogP contribution in [0.15, 0.2) is 36.5 Å². The molecule has 1 heterocycles. The Morgan fingerprint density at radius 3 is 2.64 bits per heavy atom. The Hall–Kier alpha value is -2.94. The van der Waals surface area contributed by atoms with Gasteiger partial charge in [-0.2, -0.15) is 0 Å². The molecule has 0 aromatic heterocycles. The minimum atomic E-state index is -1.21. The van der Waals surface area contributed by atoms with E-state index in [9.17, 15) is 24.3 Å². The molecule has 4 atom stereocenters. The molecular weight excluding hydrogens is 460 g/mol. The summed E-state index contributed by atoms with van der Waals surface area (Å²) in [5.74, 6) is -1.76. The van der Waals surface area contributed by atoms with Crippen molar-refractivity contribution in [2.75, 3.05) is 6.54 Å². The number of hydrogen-bond acceptors (Lipinski definition) is 5. The van der Waals surface area contributed by atoms with Crippen LogP contribution >= 0.6 is 0 Å². The van der Waals surface area contributed by atoms with Crippen LogP contribution in [0.3, 0.4) is 0 Å². The minimum absolute atomic E-state index is 0.219. The zero-order valence-corrected chi connectivity index (χ0v) is 21.9. The van der Waals surface area contributed by atoms with Gasteiger partial charge in [-0.3, -0.25) is 19.2 Å². The first-order chi connectivity index (χ1) is 17.2. The smallest absolute Gasteiger partial charge is 0.245 e. The molecule has 5 N–H and O–H groups in total. The van der Waals surface area contributed by atoms with Gasteiger partial charge in [0.25, 0.3) is 0 Å².